The van der Waals surface area contributed by atoms with Gasteiger partial charge in [-0.15, -0.1) is 11.3 Å². The van der Waals surface area contributed by atoms with Gasteiger partial charge in [0, 0.05) is 17.0 Å². The Morgan fingerprint density at radius 1 is 1.43 bits per heavy atom. The molecule has 1 atom stereocenters. The van der Waals surface area contributed by atoms with Crippen molar-refractivity contribution >= 4 is 39.0 Å². The Morgan fingerprint density at radius 2 is 2.18 bits per heavy atom. The van der Waals surface area contributed by atoms with E-state index in [2.05, 4.69) is 11.9 Å². The van der Waals surface area contributed by atoms with E-state index < -0.39 is 4.92 Å². The van der Waals surface area contributed by atoms with E-state index in [-0.39, 0.29) is 16.9 Å². The summed E-state index contributed by atoms with van der Waals surface area (Å²) in [6.45, 7) is 2.21. The highest BCUT2D eigenvalue weighted by molar-refractivity contribution is 7.18. The monoisotopic (exact) mass is 392 g/mol. The summed E-state index contributed by atoms with van der Waals surface area (Å²) in [6, 6.07) is 7.85. The first-order valence-corrected chi connectivity index (χ1v) is 9.68. The lowest BCUT2D eigenvalue weighted by atomic mass is 9.89. The molecule has 0 radical (unpaired) electrons. The zero-order valence-corrected chi connectivity index (χ0v) is 15.9. The molecular formula is C20H16N4O3S. The summed E-state index contributed by atoms with van der Waals surface area (Å²) in [4.78, 5) is 29.8. The van der Waals surface area contributed by atoms with Crippen LogP contribution in [-0.2, 0) is 12.8 Å². The molecule has 0 saturated carbocycles. The number of thiophene rings is 1. The number of nitrogens with zero attached hydrogens (tertiary/aromatic N) is 4. The molecule has 0 aliphatic heterocycles. The summed E-state index contributed by atoms with van der Waals surface area (Å²) >= 11 is 1.56. The van der Waals surface area contributed by atoms with Gasteiger partial charge < -0.3 is 0 Å². The molecule has 0 fully saturated rings. The number of nitro benzene ring substituents is 1. The fraction of sp³-hybridized carbons (Fsp3) is 0.250. The summed E-state index contributed by atoms with van der Waals surface area (Å²) in [7, 11) is 0. The standard InChI is InChI=1S/C20H16N4O3S/c1-12-2-7-16-17(8-12)28-19-18(16)20(25)23(11-22-19)15(10-21)9-13-3-5-14(6-4-13)24(26)27/h3-6,9,11-12H,2,7-8H2,1H3/b15-9+/t12-/m0/s1. The molecule has 2 heterocycles. The summed E-state index contributed by atoms with van der Waals surface area (Å²) in [5, 5.41) is 21.0. The quantitative estimate of drug-likeness (QED) is 0.381. The van der Waals surface area contributed by atoms with Gasteiger partial charge in [0.15, 0.2) is 0 Å². The lowest BCUT2D eigenvalue weighted by Gasteiger charge is -2.17. The fourth-order valence-electron chi connectivity index (χ4n) is 3.51. The maximum Gasteiger partial charge on any atom is 0.269 e. The van der Waals surface area contributed by atoms with Crippen LogP contribution >= 0.6 is 11.3 Å². The molecule has 0 bridgehead atoms. The van der Waals surface area contributed by atoms with Crippen LogP contribution in [0.5, 0.6) is 0 Å². The molecule has 2 aromatic heterocycles. The van der Waals surface area contributed by atoms with Gasteiger partial charge in [-0.2, -0.15) is 5.26 Å². The van der Waals surface area contributed by atoms with Gasteiger partial charge in [-0.3, -0.25) is 19.5 Å². The van der Waals surface area contributed by atoms with E-state index in [1.165, 1.54) is 34.0 Å². The number of aryl methyl sites for hydroxylation is 1. The minimum absolute atomic E-state index is 0.0324. The molecule has 0 spiro atoms. The van der Waals surface area contributed by atoms with Gasteiger partial charge in [-0.1, -0.05) is 6.92 Å². The molecule has 8 heteroatoms. The average molecular weight is 392 g/mol. The first kappa shape index (κ1) is 18.1. The molecule has 140 valence electrons. The Kier molecular flexibility index (Phi) is 4.53. The van der Waals surface area contributed by atoms with Crippen LogP contribution in [-0.4, -0.2) is 14.5 Å². The van der Waals surface area contributed by atoms with Crippen molar-refractivity contribution < 1.29 is 4.92 Å². The number of aromatic nitrogens is 2. The number of hydrogen-bond acceptors (Lipinski definition) is 6. The van der Waals surface area contributed by atoms with E-state index in [9.17, 15) is 20.2 Å². The van der Waals surface area contributed by atoms with Crippen molar-refractivity contribution in [2.45, 2.75) is 26.2 Å². The predicted octanol–water partition coefficient (Wildman–Crippen LogP) is 4.01. The molecule has 1 aromatic carbocycles. The van der Waals surface area contributed by atoms with Gasteiger partial charge in [0.1, 0.15) is 22.9 Å². The van der Waals surface area contributed by atoms with E-state index in [4.69, 9.17) is 0 Å². The Bertz CT molecular complexity index is 1220. The van der Waals surface area contributed by atoms with E-state index in [1.807, 2.05) is 6.07 Å². The second kappa shape index (κ2) is 7.02. The summed E-state index contributed by atoms with van der Waals surface area (Å²) < 4.78 is 1.26. The van der Waals surface area contributed by atoms with E-state index in [0.717, 1.165) is 24.8 Å². The second-order valence-electron chi connectivity index (χ2n) is 6.94. The smallest absolute Gasteiger partial charge is 0.268 e. The van der Waals surface area contributed by atoms with E-state index in [0.29, 0.717) is 21.7 Å². The summed E-state index contributed by atoms with van der Waals surface area (Å²) in [6.07, 6.45) is 5.76. The maximum absolute atomic E-state index is 13.1. The third kappa shape index (κ3) is 3.10. The van der Waals surface area contributed by atoms with E-state index in [1.54, 1.807) is 23.5 Å². The van der Waals surface area contributed by atoms with Crippen LogP contribution in [0.15, 0.2) is 35.4 Å². The third-order valence-electron chi connectivity index (χ3n) is 5.00. The number of rotatable bonds is 3. The SMILES string of the molecule is C[C@H]1CCc2c(sc3ncn(/C(C#N)=C/c4ccc([N+](=O)[O-])cc4)c(=O)c23)C1. The molecule has 0 N–H and O–H groups in total. The first-order valence-electron chi connectivity index (χ1n) is 8.86. The molecule has 0 saturated heterocycles. The largest absolute Gasteiger partial charge is 0.269 e. The van der Waals surface area contributed by atoms with Crippen LogP contribution in [0.25, 0.3) is 22.0 Å². The highest BCUT2D eigenvalue weighted by atomic mass is 32.1. The van der Waals surface area contributed by atoms with Crippen LogP contribution < -0.4 is 5.56 Å². The lowest BCUT2D eigenvalue weighted by molar-refractivity contribution is -0.384. The van der Waals surface area contributed by atoms with Crippen molar-refractivity contribution in [1.29, 1.82) is 5.26 Å². The number of nitro groups is 1. The maximum atomic E-state index is 13.1. The second-order valence-corrected chi connectivity index (χ2v) is 8.03. The number of benzene rings is 1. The molecule has 0 amide bonds. The Labute approximate surface area is 164 Å². The average Bonchev–Trinajstić information content (AvgIpc) is 3.05. The van der Waals surface area contributed by atoms with Crippen molar-refractivity contribution in [3.63, 3.8) is 0 Å². The molecular weight excluding hydrogens is 376 g/mol. The van der Waals surface area contributed by atoms with Gasteiger partial charge in [0.05, 0.1) is 10.3 Å². The highest BCUT2D eigenvalue weighted by Crippen LogP contribution is 2.35. The Morgan fingerprint density at radius 3 is 2.86 bits per heavy atom. The summed E-state index contributed by atoms with van der Waals surface area (Å²) in [5.74, 6) is 0.597. The van der Waals surface area contributed by atoms with Crippen LogP contribution in [0.4, 0.5) is 5.69 Å². The number of fused-ring (bicyclic) bond motifs is 3. The number of non-ortho nitro benzene ring substituents is 1. The van der Waals surface area contributed by atoms with Gasteiger partial charge in [0.25, 0.3) is 11.2 Å². The topological polar surface area (TPSA) is 102 Å². The molecule has 7 nitrogen and oxygen atoms in total. The highest BCUT2D eigenvalue weighted by Gasteiger charge is 2.23. The van der Waals surface area contributed by atoms with Gasteiger partial charge in [-0.05, 0) is 54.5 Å². The number of hydrogen-bond donors (Lipinski definition) is 0. The van der Waals surface area contributed by atoms with Crippen molar-refractivity contribution in [3.8, 4) is 6.07 Å². The zero-order chi connectivity index (χ0) is 19.8. The van der Waals surface area contributed by atoms with Crippen LogP contribution in [0, 0.1) is 27.4 Å². The normalized spacial score (nSPS) is 16.6. The molecule has 4 rings (SSSR count). The van der Waals surface area contributed by atoms with Crippen LogP contribution in [0.2, 0.25) is 0 Å². The molecule has 1 aliphatic carbocycles. The van der Waals surface area contributed by atoms with Crippen molar-refractivity contribution in [2.24, 2.45) is 5.92 Å². The van der Waals surface area contributed by atoms with Crippen molar-refractivity contribution in [3.05, 3.63) is 67.1 Å². The Hall–Kier alpha value is -3.31. The minimum atomic E-state index is -0.485. The van der Waals surface area contributed by atoms with E-state index >= 15 is 0 Å². The minimum Gasteiger partial charge on any atom is -0.268 e. The Balaban J connectivity index is 1.81. The molecule has 3 aromatic rings. The van der Waals surface area contributed by atoms with Gasteiger partial charge >= 0.3 is 0 Å². The van der Waals surface area contributed by atoms with Crippen molar-refractivity contribution in [1.82, 2.24) is 9.55 Å². The third-order valence-corrected chi connectivity index (χ3v) is 6.16. The number of nitriles is 1. The predicted molar refractivity (Wildman–Crippen MR) is 108 cm³/mol. The molecule has 1 aliphatic rings. The van der Waals surface area contributed by atoms with Gasteiger partial charge in [0.2, 0.25) is 0 Å². The first-order chi connectivity index (χ1) is 13.5. The molecule has 0 unspecified atom stereocenters. The van der Waals surface area contributed by atoms with Gasteiger partial charge in [-0.25, -0.2) is 4.98 Å². The van der Waals surface area contributed by atoms with Crippen LogP contribution in [0.1, 0.15) is 29.3 Å². The van der Waals surface area contributed by atoms with Crippen molar-refractivity contribution in [2.75, 3.05) is 0 Å². The lowest BCUT2D eigenvalue weighted by Crippen LogP contribution is -2.20. The number of allylic oxidation sites excluding steroid dienone is 1. The zero-order valence-electron chi connectivity index (χ0n) is 15.1. The summed E-state index contributed by atoms with van der Waals surface area (Å²) in [5.41, 5.74) is 1.51. The molecule has 28 heavy (non-hydrogen) atoms. The fourth-order valence-corrected chi connectivity index (χ4v) is 4.85. The van der Waals surface area contributed by atoms with Crippen LogP contribution in [0.3, 0.4) is 0 Å².